The topological polar surface area (TPSA) is 58.2 Å². The Bertz CT molecular complexity index is 1020. The minimum absolute atomic E-state index is 0.00298. The molecule has 0 aromatic heterocycles. The lowest BCUT2D eigenvalue weighted by Crippen LogP contribution is -2.35. The zero-order valence-corrected chi connectivity index (χ0v) is 20.2. The van der Waals surface area contributed by atoms with Crippen molar-refractivity contribution in [3.63, 3.8) is 0 Å². The van der Waals surface area contributed by atoms with Gasteiger partial charge in [-0.1, -0.05) is 41.7 Å². The lowest BCUT2D eigenvalue weighted by Gasteiger charge is -2.18. The molecule has 0 saturated heterocycles. The number of hydrogen-bond acceptors (Lipinski definition) is 2. The van der Waals surface area contributed by atoms with E-state index in [0.29, 0.717) is 21.3 Å². The van der Waals surface area contributed by atoms with Gasteiger partial charge >= 0.3 is 0 Å². The van der Waals surface area contributed by atoms with Crippen LogP contribution in [0.2, 0.25) is 15.1 Å². The fourth-order valence-corrected chi connectivity index (χ4v) is 4.69. The summed E-state index contributed by atoms with van der Waals surface area (Å²) in [5.41, 5.74) is -0.910. The van der Waals surface area contributed by atoms with Crippen molar-refractivity contribution in [3.05, 3.63) is 57.0 Å². The quantitative estimate of drug-likeness (QED) is 0.390. The number of alkyl halides is 3. The summed E-state index contributed by atoms with van der Waals surface area (Å²) in [5.74, 6) is -2.53. The van der Waals surface area contributed by atoms with Crippen LogP contribution in [0.5, 0.6) is 0 Å². The van der Waals surface area contributed by atoms with E-state index in [-0.39, 0.29) is 17.1 Å². The van der Waals surface area contributed by atoms with Gasteiger partial charge in [-0.25, -0.2) is 4.39 Å². The summed E-state index contributed by atoms with van der Waals surface area (Å²) in [6.45, 7) is 2.74. The van der Waals surface area contributed by atoms with E-state index in [0.717, 1.165) is 0 Å². The third-order valence-corrected chi connectivity index (χ3v) is 6.91. The number of halogens is 6. The first-order chi connectivity index (χ1) is 14.4. The Morgan fingerprint density at radius 3 is 2.26 bits per heavy atom. The number of benzene rings is 2. The molecule has 0 aliphatic heterocycles. The van der Waals surface area contributed by atoms with E-state index in [1.807, 2.05) is 0 Å². The first kappa shape index (κ1) is 24.4. The molecule has 3 unspecified atom stereocenters. The summed E-state index contributed by atoms with van der Waals surface area (Å²) in [6, 6.07) is 9.33. The number of carbonyl (C=O) groups is 2. The molecule has 0 radical (unpaired) electrons. The van der Waals surface area contributed by atoms with E-state index in [1.165, 1.54) is 19.1 Å². The van der Waals surface area contributed by atoms with E-state index in [9.17, 15) is 14.0 Å². The molecule has 3 atom stereocenters. The molecule has 0 bridgehead atoms. The van der Waals surface area contributed by atoms with Crippen LogP contribution < -0.4 is 10.6 Å². The largest absolute Gasteiger partial charge is 0.326 e. The van der Waals surface area contributed by atoms with Crippen LogP contribution in [-0.2, 0) is 9.59 Å². The second kappa shape index (κ2) is 8.95. The van der Waals surface area contributed by atoms with Crippen LogP contribution >= 0.6 is 58.0 Å². The minimum Gasteiger partial charge on any atom is -0.326 e. The lowest BCUT2D eigenvalue weighted by molar-refractivity contribution is -0.126. The third-order valence-electron chi connectivity index (χ3n) is 5.20. The van der Waals surface area contributed by atoms with Gasteiger partial charge in [0.05, 0.1) is 16.6 Å². The zero-order chi connectivity index (χ0) is 23.1. The minimum atomic E-state index is -2.06. The van der Waals surface area contributed by atoms with E-state index in [4.69, 9.17) is 58.0 Å². The zero-order valence-electron chi connectivity index (χ0n) is 16.4. The predicted octanol–water partition coefficient (Wildman–Crippen LogP) is 7.25. The molecular formula is C21H18Cl5FN2O2. The number of hydrogen-bond donors (Lipinski definition) is 2. The van der Waals surface area contributed by atoms with E-state index in [2.05, 4.69) is 10.6 Å². The van der Waals surface area contributed by atoms with Crippen LogP contribution in [0, 0.1) is 5.92 Å². The second-order valence-corrected chi connectivity index (χ2v) is 10.2. The van der Waals surface area contributed by atoms with Crippen LogP contribution in [0.1, 0.15) is 31.7 Å². The average molecular weight is 527 g/mol. The van der Waals surface area contributed by atoms with Crippen molar-refractivity contribution in [1.29, 1.82) is 0 Å². The molecule has 0 spiro atoms. The van der Waals surface area contributed by atoms with Gasteiger partial charge in [0.15, 0.2) is 5.67 Å². The summed E-state index contributed by atoms with van der Waals surface area (Å²) >= 11 is 30.9. The normalized spacial score (nSPS) is 21.2. The first-order valence-electron chi connectivity index (χ1n) is 9.31. The maximum Gasteiger partial charge on any atom is 0.261 e. The van der Waals surface area contributed by atoms with Gasteiger partial charge in [0.25, 0.3) is 5.91 Å². The fourth-order valence-electron chi connectivity index (χ4n) is 3.15. The lowest BCUT2D eigenvalue weighted by atomic mass is 10.1. The monoisotopic (exact) mass is 524 g/mol. The van der Waals surface area contributed by atoms with Gasteiger partial charge in [0.2, 0.25) is 5.91 Å². The number of carbonyl (C=O) groups excluding carboxylic acids is 2. The highest BCUT2D eigenvalue weighted by atomic mass is 35.5. The summed E-state index contributed by atoms with van der Waals surface area (Å²) in [6.07, 6.45) is -0.00298. The highest BCUT2D eigenvalue weighted by Crippen LogP contribution is 2.65. The third kappa shape index (κ3) is 5.23. The van der Waals surface area contributed by atoms with Crippen molar-refractivity contribution in [2.45, 2.75) is 36.2 Å². The van der Waals surface area contributed by atoms with Crippen LogP contribution in [0.3, 0.4) is 0 Å². The molecule has 4 nitrogen and oxygen atoms in total. The molecule has 3 rings (SSSR count). The Hall–Kier alpha value is -1.24. The van der Waals surface area contributed by atoms with Crippen LogP contribution in [0.25, 0.3) is 0 Å². The highest BCUT2D eigenvalue weighted by molar-refractivity contribution is 6.53. The Morgan fingerprint density at radius 1 is 1.06 bits per heavy atom. The van der Waals surface area contributed by atoms with Crippen molar-refractivity contribution in [1.82, 2.24) is 0 Å². The molecule has 0 heterocycles. The number of anilines is 2. The van der Waals surface area contributed by atoms with Crippen molar-refractivity contribution < 1.29 is 14.0 Å². The van der Waals surface area contributed by atoms with Crippen LogP contribution in [0.15, 0.2) is 36.4 Å². The van der Waals surface area contributed by atoms with Gasteiger partial charge in [-0.15, -0.1) is 23.2 Å². The standard InChI is InChI=1S/C21H18Cl5FN2O2/c1-3-20(2,27)19(31)29-15-9-13(4-5-14(15)24)28-18(30)17-16(21(17,25)26)10-6-11(22)8-12(23)7-10/h4-9,16-17H,3H2,1-2H3,(H,28,30)(H,29,31). The molecule has 1 aliphatic rings. The molecule has 1 fully saturated rings. The van der Waals surface area contributed by atoms with Gasteiger partial charge in [0, 0.05) is 21.7 Å². The van der Waals surface area contributed by atoms with Crippen molar-refractivity contribution in [2.24, 2.45) is 5.92 Å². The maximum absolute atomic E-state index is 14.2. The molecule has 1 saturated carbocycles. The van der Waals surface area contributed by atoms with Gasteiger partial charge in [-0.3, -0.25) is 9.59 Å². The summed E-state index contributed by atoms with van der Waals surface area (Å²) in [7, 11) is 0. The average Bonchev–Trinajstić information content (AvgIpc) is 3.25. The van der Waals surface area contributed by atoms with Crippen molar-refractivity contribution in [3.8, 4) is 0 Å². The Balaban J connectivity index is 1.77. The van der Waals surface area contributed by atoms with Gasteiger partial charge in [-0.05, 0) is 55.3 Å². The SMILES string of the molecule is CCC(C)(F)C(=O)Nc1cc(NC(=O)C2C(c3cc(Cl)cc(Cl)c3)C2(Cl)Cl)ccc1Cl. The highest BCUT2D eigenvalue weighted by Gasteiger charge is 2.67. The Labute approximate surface area is 204 Å². The smallest absolute Gasteiger partial charge is 0.261 e. The molecule has 1 aliphatic carbocycles. The Kier molecular flexibility index (Phi) is 7.05. The molecule has 10 heteroatoms. The van der Waals surface area contributed by atoms with E-state index in [1.54, 1.807) is 31.2 Å². The molecular weight excluding hydrogens is 509 g/mol. The molecule has 2 aromatic carbocycles. The number of amides is 2. The molecule has 2 aromatic rings. The molecule has 2 N–H and O–H groups in total. The molecule has 166 valence electrons. The van der Waals surface area contributed by atoms with Crippen molar-refractivity contribution >= 4 is 81.2 Å². The van der Waals surface area contributed by atoms with Crippen LogP contribution in [0.4, 0.5) is 15.8 Å². The molecule has 2 amide bonds. The number of rotatable bonds is 6. The predicted molar refractivity (Wildman–Crippen MR) is 126 cm³/mol. The van der Waals surface area contributed by atoms with E-state index < -0.39 is 33.7 Å². The maximum atomic E-state index is 14.2. The van der Waals surface area contributed by atoms with E-state index >= 15 is 0 Å². The Morgan fingerprint density at radius 2 is 1.68 bits per heavy atom. The van der Waals surface area contributed by atoms with Gasteiger partial charge in [-0.2, -0.15) is 0 Å². The van der Waals surface area contributed by atoms with Gasteiger partial charge in [0.1, 0.15) is 4.33 Å². The summed E-state index contributed by atoms with van der Waals surface area (Å²) < 4.78 is 12.9. The van der Waals surface area contributed by atoms with Crippen LogP contribution in [-0.4, -0.2) is 21.8 Å². The summed E-state index contributed by atoms with van der Waals surface area (Å²) in [4.78, 5) is 25.0. The molecule has 31 heavy (non-hydrogen) atoms. The first-order valence-corrected chi connectivity index (χ1v) is 11.2. The van der Waals surface area contributed by atoms with Crippen molar-refractivity contribution in [2.75, 3.05) is 10.6 Å². The second-order valence-electron chi connectivity index (χ2n) is 7.52. The fraction of sp³-hybridized carbons (Fsp3) is 0.333. The van der Waals surface area contributed by atoms with Gasteiger partial charge < -0.3 is 10.6 Å². The summed E-state index contributed by atoms with van der Waals surface area (Å²) in [5, 5.41) is 6.15. The number of nitrogens with one attached hydrogen (secondary N) is 2.